The van der Waals surface area contributed by atoms with Crippen LogP contribution >= 0.6 is 0 Å². The Labute approximate surface area is 116 Å². The molecule has 0 radical (unpaired) electrons. The predicted molar refractivity (Wildman–Crippen MR) is 75.1 cm³/mol. The summed E-state index contributed by atoms with van der Waals surface area (Å²) in [6, 6.07) is 0. The molecule has 0 aromatic carbocycles. The van der Waals surface area contributed by atoms with Gasteiger partial charge in [-0.25, -0.2) is 0 Å². The summed E-state index contributed by atoms with van der Waals surface area (Å²) in [4.78, 5) is 14.3. The Morgan fingerprint density at radius 3 is 2.79 bits per heavy atom. The second-order valence-electron chi connectivity index (χ2n) is 5.55. The fourth-order valence-electron chi connectivity index (χ4n) is 2.92. The van der Waals surface area contributed by atoms with Gasteiger partial charge in [0.1, 0.15) is 5.54 Å². The van der Waals surface area contributed by atoms with Gasteiger partial charge in [-0.2, -0.15) is 0 Å². The molecule has 1 saturated heterocycles. The molecule has 0 saturated carbocycles. The summed E-state index contributed by atoms with van der Waals surface area (Å²) in [5, 5.41) is 3.26. The Balaban J connectivity index is 2.60. The molecule has 1 aliphatic rings. The summed E-state index contributed by atoms with van der Waals surface area (Å²) in [6.07, 6.45) is 2.37. The van der Waals surface area contributed by atoms with E-state index in [0.29, 0.717) is 12.5 Å². The zero-order chi connectivity index (χ0) is 14.3. The number of hydrogen-bond acceptors (Lipinski definition) is 5. The monoisotopic (exact) mass is 272 g/mol. The molecule has 0 bridgehead atoms. The highest BCUT2D eigenvalue weighted by molar-refractivity contribution is 5.80. The van der Waals surface area contributed by atoms with Gasteiger partial charge in [-0.15, -0.1) is 0 Å². The van der Waals surface area contributed by atoms with Gasteiger partial charge in [0.05, 0.1) is 13.7 Å². The maximum atomic E-state index is 12.0. The van der Waals surface area contributed by atoms with Crippen LogP contribution in [0.25, 0.3) is 0 Å². The van der Waals surface area contributed by atoms with E-state index in [9.17, 15) is 4.79 Å². The largest absolute Gasteiger partial charge is 0.468 e. The van der Waals surface area contributed by atoms with E-state index in [1.54, 1.807) is 7.11 Å². The van der Waals surface area contributed by atoms with E-state index >= 15 is 0 Å². The van der Waals surface area contributed by atoms with Gasteiger partial charge in [0.15, 0.2) is 0 Å². The van der Waals surface area contributed by atoms with Gasteiger partial charge in [0.2, 0.25) is 0 Å². The minimum atomic E-state index is -0.627. The van der Waals surface area contributed by atoms with E-state index < -0.39 is 5.54 Å². The van der Waals surface area contributed by atoms with E-state index in [0.717, 1.165) is 32.7 Å². The van der Waals surface area contributed by atoms with Gasteiger partial charge >= 0.3 is 5.97 Å². The van der Waals surface area contributed by atoms with Gasteiger partial charge in [-0.3, -0.25) is 4.79 Å². The maximum Gasteiger partial charge on any atom is 0.327 e. The van der Waals surface area contributed by atoms with Crippen molar-refractivity contribution in [3.8, 4) is 0 Å². The Bertz CT molecular complexity index is 284. The molecule has 5 heteroatoms. The lowest BCUT2D eigenvalue weighted by atomic mass is 9.95. The average molecular weight is 272 g/mol. The van der Waals surface area contributed by atoms with Crippen LogP contribution in [0.5, 0.6) is 0 Å². The number of rotatable bonds is 7. The molecule has 1 aliphatic heterocycles. The Morgan fingerprint density at radius 1 is 1.47 bits per heavy atom. The van der Waals surface area contributed by atoms with Crippen molar-refractivity contribution in [1.82, 2.24) is 10.2 Å². The van der Waals surface area contributed by atoms with Crippen LogP contribution in [-0.2, 0) is 14.3 Å². The van der Waals surface area contributed by atoms with Crippen LogP contribution in [-0.4, -0.2) is 63.4 Å². The fourth-order valence-corrected chi connectivity index (χ4v) is 2.92. The van der Waals surface area contributed by atoms with Gasteiger partial charge in [0, 0.05) is 20.2 Å². The second-order valence-corrected chi connectivity index (χ2v) is 5.55. The number of nitrogens with zero attached hydrogens (tertiary/aromatic N) is 1. The molecule has 1 rings (SSSR count). The minimum absolute atomic E-state index is 0.191. The Hall–Kier alpha value is -0.650. The lowest BCUT2D eigenvalue weighted by Gasteiger charge is -2.38. The summed E-state index contributed by atoms with van der Waals surface area (Å²) in [6.45, 7) is 8.19. The van der Waals surface area contributed by atoms with E-state index in [4.69, 9.17) is 9.47 Å². The number of nitrogens with one attached hydrogen (secondary N) is 1. The van der Waals surface area contributed by atoms with Crippen LogP contribution in [0.15, 0.2) is 0 Å². The number of likely N-dealkylation sites (tertiary alicyclic amines) is 1. The zero-order valence-electron chi connectivity index (χ0n) is 12.7. The number of carbonyl (C=O) groups is 1. The van der Waals surface area contributed by atoms with Crippen molar-refractivity contribution in [3.63, 3.8) is 0 Å². The third-order valence-electron chi connectivity index (χ3n) is 3.75. The highest BCUT2D eigenvalue weighted by atomic mass is 16.5. The summed E-state index contributed by atoms with van der Waals surface area (Å²) in [5.74, 6) is 0.380. The van der Waals surface area contributed by atoms with E-state index in [-0.39, 0.29) is 5.97 Å². The first kappa shape index (κ1) is 16.4. The normalized spacial score (nSPS) is 23.9. The van der Waals surface area contributed by atoms with Crippen LogP contribution in [0.4, 0.5) is 0 Å². The zero-order valence-corrected chi connectivity index (χ0v) is 12.7. The molecule has 0 aliphatic carbocycles. The molecular formula is C14H28N2O3. The van der Waals surface area contributed by atoms with Crippen LogP contribution in [0.2, 0.25) is 0 Å². The van der Waals surface area contributed by atoms with Gasteiger partial charge < -0.3 is 19.7 Å². The molecule has 19 heavy (non-hydrogen) atoms. The van der Waals surface area contributed by atoms with E-state index in [2.05, 4.69) is 10.2 Å². The van der Waals surface area contributed by atoms with Crippen molar-refractivity contribution >= 4 is 5.97 Å². The molecule has 1 fully saturated rings. The number of ether oxygens (including phenoxy) is 2. The highest BCUT2D eigenvalue weighted by Gasteiger charge is 2.36. The van der Waals surface area contributed by atoms with E-state index in [1.165, 1.54) is 13.5 Å². The number of esters is 1. The molecular weight excluding hydrogens is 244 g/mol. The molecule has 5 nitrogen and oxygen atoms in total. The molecule has 2 atom stereocenters. The van der Waals surface area contributed by atoms with Crippen LogP contribution in [0.1, 0.15) is 26.7 Å². The smallest absolute Gasteiger partial charge is 0.327 e. The topological polar surface area (TPSA) is 50.8 Å². The predicted octanol–water partition coefficient (Wildman–Crippen LogP) is 0.886. The van der Waals surface area contributed by atoms with Gasteiger partial charge in [-0.1, -0.05) is 6.92 Å². The van der Waals surface area contributed by atoms with Crippen LogP contribution < -0.4 is 5.32 Å². The van der Waals surface area contributed by atoms with Crippen molar-refractivity contribution in [3.05, 3.63) is 0 Å². The number of piperidine rings is 1. The molecule has 112 valence electrons. The van der Waals surface area contributed by atoms with Crippen molar-refractivity contribution in [1.29, 1.82) is 0 Å². The van der Waals surface area contributed by atoms with Crippen molar-refractivity contribution in [2.24, 2.45) is 5.92 Å². The Morgan fingerprint density at radius 2 is 2.21 bits per heavy atom. The molecule has 0 aromatic heterocycles. The third kappa shape index (κ3) is 4.75. The maximum absolute atomic E-state index is 12.0. The summed E-state index contributed by atoms with van der Waals surface area (Å²) >= 11 is 0. The second kappa shape index (κ2) is 7.82. The first-order valence-electron chi connectivity index (χ1n) is 7.10. The number of methoxy groups -OCH3 is 2. The van der Waals surface area contributed by atoms with Crippen LogP contribution in [0, 0.1) is 5.92 Å². The molecule has 0 aromatic rings. The highest BCUT2D eigenvalue weighted by Crippen LogP contribution is 2.19. The summed E-state index contributed by atoms with van der Waals surface area (Å²) in [7, 11) is 3.19. The number of hydrogen-bond donors (Lipinski definition) is 1. The van der Waals surface area contributed by atoms with Crippen molar-refractivity contribution in [2.75, 3.05) is 47.0 Å². The average Bonchev–Trinajstić information content (AvgIpc) is 2.38. The van der Waals surface area contributed by atoms with Crippen LogP contribution in [0.3, 0.4) is 0 Å². The quantitative estimate of drug-likeness (QED) is 0.697. The SMILES string of the molecule is CCNC(C)(CN1CCCC(COC)C1)C(=O)OC. The summed E-state index contributed by atoms with van der Waals surface area (Å²) in [5.41, 5.74) is -0.627. The lowest BCUT2D eigenvalue weighted by molar-refractivity contribution is -0.149. The van der Waals surface area contributed by atoms with E-state index in [1.807, 2.05) is 13.8 Å². The number of carbonyl (C=O) groups excluding carboxylic acids is 1. The minimum Gasteiger partial charge on any atom is -0.468 e. The molecule has 0 amide bonds. The molecule has 1 heterocycles. The summed E-state index contributed by atoms with van der Waals surface area (Å²) < 4.78 is 10.2. The lowest BCUT2D eigenvalue weighted by Crippen LogP contribution is -2.58. The third-order valence-corrected chi connectivity index (χ3v) is 3.75. The first-order chi connectivity index (χ1) is 9.05. The molecule has 2 unspecified atom stereocenters. The Kier molecular flexibility index (Phi) is 6.75. The fraction of sp³-hybridized carbons (Fsp3) is 0.929. The van der Waals surface area contributed by atoms with Gasteiger partial charge in [-0.05, 0) is 38.8 Å². The van der Waals surface area contributed by atoms with Crippen molar-refractivity contribution in [2.45, 2.75) is 32.2 Å². The number of likely N-dealkylation sites (N-methyl/N-ethyl adjacent to an activating group) is 1. The standard InChI is InChI=1S/C14H28N2O3/c1-5-15-14(2,13(17)19-4)11-16-8-6-7-12(9-16)10-18-3/h12,15H,5-11H2,1-4H3. The van der Waals surface area contributed by atoms with Gasteiger partial charge in [0.25, 0.3) is 0 Å². The van der Waals surface area contributed by atoms with Crippen molar-refractivity contribution < 1.29 is 14.3 Å². The molecule has 1 N–H and O–H groups in total. The molecule has 0 spiro atoms. The first-order valence-corrected chi connectivity index (χ1v) is 7.10.